The molecular formula is C13H22. The van der Waals surface area contributed by atoms with Gasteiger partial charge in [-0.2, -0.15) is 0 Å². The average Bonchev–Trinajstić information content (AvgIpc) is 2.74. The normalized spacial score (nSPS) is 47.7. The minimum atomic E-state index is 0.477. The van der Waals surface area contributed by atoms with Crippen molar-refractivity contribution in [1.29, 1.82) is 0 Å². The fourth-order valence-electron chi connectivity index (χ4n) is 3.05. The van der Waals surface area contributed by atoms with Crippen LogP contribution in [0.2, 0.25) is 0 Å². The van der Waals surface area contributed by atoms with E-state index >= 15 is 0 Å². The molecule has 1 fully saturated rings. The summed E-state index contributed by atoms with van der Waals surface area (Å²) in [6.07, 6.45) is 9.00. The maximum Gasteiger partial charge on any atom is -0.00644 e. The highest BCUT2D eigenvalue weighted by molar-refractivity contribution is 5.16. The van der Waals surface area contributed by atoms with Crippen molar-refractivity contribution in [1.82, 2.24) is 0 Å². The van der Waals surface area contributed by atoms with E-state index in [4.69, 9.17) is 0 Å². The summed E-state index contributed by atoms with van der Waals surface area (Å²) >= 11 is 0. The van der Waals surface area contributed by atoms with E-state index in [1.54, 1.807) is 0 Å². The van der Waals surface area contributed by atoms with Gasteiger partial charge in [0.2, 0.25) is 0 Å². The second-order valence-electron chi connectivity index (χ2n) is 5.93. The molecule has 0 aromatic carbocycles. The molecule has 2 rings (SSSR count). The molecule has 2 aliphatic rings. The Kier molecular flexibility index (Phi) is 1.87. The summed E-state index contributed by atoms with van der Waals surface area (Å²) in [5.41, 5.74) is 0.988. The topological polar surface area (TPSA) is 0 Å². The van der Waals surface area contributed by atoms with Crippen LogP contribution in [0.1, 0.15) is 47.0 Å². The molecule has 13 heavy (non-hydrogen) atoms. The molecule has 74 valence electrons. The van der Waals surface area contributed by atoms with Crippen LogP contribution >= 0.6 is 0 Å². The molecule has 0 N–H and O–H groups in total. The van der Waals surface area contributed by atoms with Gasteiger partial charge in [-0.1, -0.05) is 39.8 Å². The van der Waals surface area contributed by atoms with E-state index in [1.807, 2.05) is 0 Å². The lowest BCUT2D eigenvalue weighted by molar-refractivity contribution is 0.0916. The third-order valence-corrected chi connectivity index (χ3v) is 4.74. The highest BCUT2D eigenvalue weighted by atomic mass is 14.6. The van der Waals surface area contributed by atoms with Gasteiger partial charge in [0.25, 0.3) is 0 Å². The molecule has 2 aliphatic carbocycles. The fraction of sp³-hybridized carbons (Fsp3) is 0.846. The molecule has 0 heteroatoms. The first kappa shape index (κ1) is 9.30. The van der Waals surface area contributed by atoms with E-state index < -0.39 is 0 Å². The lowest BCUT2D eigenvalue weighted by Crippen LogP contribution is -2.37. The van der Waals surface area contributed by atoms with E-state index in [9.17, 15) is 0 Å². The van der Waals surface area contributed by atoms with Gasteiger partial charge in [-0.15, -0.1) is 0 Å². The molecule has 0 aromatic rings. The van der Waals surface area contributed by atoms with Gasteiger partial charge in [0.05, 0.1) is 0 Å². The van der Waals surface area contributed by atoms with Gasteiger partial charge in [-0.3, -0.25) is 0 Å². The van der Waals surface area contributed by atoms with Crippen LogP contribution in [0.4, 0.5) is 0 Å². The third kappa shape index (κ3) is 1.26. The Balaban J connectivity index is 2.27. The monoisotopic (exact) mass is 178 g/mol. The molecule has 1 saturated carbocycles. The zero-order valence-electron chi connectivity index (χ0n) is 9.43. The van der Waals surface area contributed by atoms with Crippen molar-refractivity contribution in [2.75, 3.05) is 0 Å². The quantitative estimate of drug-likeness (QED) is 0.532. The highest BCUT2D eigenvalue weighted by Gasteiger charge is 2.53. The van der Waals surface area contributed by atoms with Crippen LogP contribution < -0.4 is 0 Å². The molecule has 0 nitrogen and oxygen atoms in total. The average molecular weight is 178 g/mol. The number of allylic oxidation sites excluding steroid dienone is 2. The number of rotatable bonds is 1. The molecule has 0 aliphatic heterocycles. The Labute approximate surface area is 82.4 Å². The summed E-state index contributed by atoms with van der Waals surface area (Å²) in [5, 5.41) is 0. The molecule has 3 unspecified atom stereocenters. The maximum absolute atomic E-state index is 2.50. The number of hydrogen-bond acceptors (Lipinski definition) is 0. The summed E-state index contributed by atoms with van der Waals surface area (Å²) < 4.78 is 0. The zero-order chi connectivity index (χ0) is 9.69. The lowest BCUT2D eigenvalue weighted by atomic mass is 9.59. The van der Waals surface area contributed by atoms with Crippen LogP contribution in [-0.4, -0.2) is 0 Å². The predicted molar refractivity (Wildman–Crippen MR) is 57.5 cm³/mol. The van der Waals surface area contributed by atoms with Gasteiger partial charge in [0, 0.05) is 0 Å². The highest BCUT2D eigenvalue weighted by Crippen LogP contribution is 2.61. The molecule has 0 radical (unpaired) electrons. The Morgan fingerprint density at radius 2 is 1.85 bits per heavy atom. The van der Waals surface area contributed by atoms with Gasteiger partial charge in [0.1, 0.15) is 0 Å². The minimum absolute atomic E-state index is 0.477. The first-order valence-electron chi connectivity index (χ1n) is 5.65. The van der Waals surface area contributed by atoms with Crippen LogP contribution in [0.15, 0.2) is 12.2 Å². The van der Waals surface area contributed by atoms with Crippen LogP contribution in [0.25, 0.3) is 0 Å². The van der Waals surface area contributed by atoms with Crippen molar-refractivity contribution in [3.63, 3.8) is 0 Å². The molecule has 0 bridgehead atoms. The van der Waals surface area contributed by atoms with Crippen molar-refractivity contribution in [3.05, 3.63) is 12.2 Å². The first-order chi connectivity index (χ1) is 5.97. The maximum atomic E-state index is 2.50. The summed E-state index contributed by atoms with van der Waals surface area (Å²) in [6, 6.07) is 0. The Morgan fingerprint density at radius 3 is 2.31 bits per heavy atom. The van der Waals surface area contributed by atoms with E-state index in [-0.39, 0.29) is 0 Å². The number of hydrogen-bond donors (Lipinski definition) is 0. The minimum Gasteiger partial charge on any atom is -0.0879 e. The van der Waals surface area contributed by atoms with Crippen molar-refractivity contribution in [3.8, 4) is 0 Å². The van der Waals surface area contributed by atoms with E-state index in [0.29, 0.717) is 10.8 Å². The van der Waals surface area contributed by atoms with Crippen molar-refractivity contribution in [2.24, 2.45) is 22.7 Å². The second-order valence-corrected chi connectivity index (χ2v) is 5.93. The van der Waals surface area contributed by atoms with E-state index in [2.05, 4.69) is 39.8 Å². The van der Waals surface area contributed by atoms with Crippen LogP contribution in [0.3, 0.4) is 0 Å². The summed E-state index contributed by atoms with van der Waals surface area (Å²) in [7, 11) is 0. The van der Waals surface area contributed by atoms with Gasteiger partial charge in [0.15, 0.2) is 0 Å². The summed E-state index contributed by atoms with van der Waals surface area (Å²) in [4.78, 5) is 0. The molecule has 0 aromatic heterocycles. The van der Waals surface area contributed by atoms with Crippen LogP contribution in [0.5, 0.6) is 0 Å². The van der Waals surface area contributed by atoms with Crippen LogP contribution in [0, 0.1) is 22.7 Å². The zero-order valence-corrected chi connectivity index (χ0v) is 9.43. The van der Waals surface area contributed by atoms with Crippen molar-refractivity contribution in [2.45, 2.75) is 47.0 Å². The second kappa shape index (κ2) is 2.62. The van der Waals surface area contributed by atoms with Gasteiger partial charge < -0.3 is 0 Å². The van der Waals surface area contributed by atoms with Gasteiger partial charge >= 0.3 is 0 Å². The summed E-state index contributed by atoms with van der Waals surface area (Å²) in [5.74, 6) is 1.92. The molecule has 3 atom stereocenters. The lowest BCUT2D eigenvalue weighted by Gasteiger charge is -2.46. The Hall–Kier alpha value is -0.260. The first-order valence-corrected chi connectivity index (χ1v) is 5.65. The molecule has 0 saturated heterocycles. The predicted octanol–water partition coefficient (Wildman–Crippen LogP) is 4.02. The Morgan fingerprint density at radius 1 is 1.23 bits per heavy atom. The van der Waals surface area contributed by atoms with Crippen molar-refractivity contribution < 1.29 is 0 Å². The van der Waals surface area contributed by atoms with Crippen LogP contribution in [-0.2, 0) is 0 Å². The molecule has 0 amide bonds. The fourth-order valence-corrected chi connectivity index (χ4v) is 3.05. The molecule has 0 spiro atoms. The molecular weight excluding hydrogens is 156 g/mol. The summed E-state index contributed by atoms with van der Waals surface area (Å²) in [6.45, 7) is 9.76. The van der Waals surface area contributed by atoms with E-state index in [0.717, 1.165) is 11.8 Å². The largest absolute Gasteiger partial charge is 0.0879 e. The SMILES string of the molecule is CC1CC1C1(C)C=CCCC1(C)C. The van der Waals surface area contributed by atoms with Gasteiger partial charge in [-0.25, -0.2) is 0 Å². The standard InChI is InChI=1S/C13H22/c1-10-9-11(10)13(4)8-6-5-7-12(13,2)3/h6,8,10-11H,5,7,9H2,1-4H3. The smallest absolute Gasteiger partial charge is 0.00644 e. The van der Waals surface area contributed by atoms with Crippen molar-refractivity contribution >= 4 is 0 Å². The van der Waals surface area contributed by atoms with E-state index in [1.165, 1.54) is 19.3 Å². The Bertz CT molecular complexity index is 236. The third-order valence-electron chi connectivity index (χ3n) is 4.74. The molecule has 0 heterocycles. The van der Waals surface area contributed by atoms with Gasteiger partial charge in [-0.05, 0) is 41.9 Å².